The summed E-state index contributed by atoms with van der Waals surface area (Å²) >= 11 is 1.38. The van der Waals surface area contributed by atoms with Crippen molar-refractivity contribution in [2.24, 2.45) is 0 Å². The number of benzene rings is 1. The summed E-state index contributed by atoms with van der Waals surface area (Å²) in [5, 5.41) is 1.80. The summed E-state index contributed by atoms with van der Waals surface area (Å²) in [5.74, 6) is -0.213. The van der Waals surface area contributed by atoms with Crippen LogP contribution in [0.4, 0.5) is 18.9 Å². The standard InChI is InChI=1S/C17H14F3N3O2S/c18-17(19,20)25-13-3-4-14-11(8-13)2-1-5-22(14)10-12-9-15(24)23-6-7-26-16(23)21-12/h3-4,6-9H,1-2,5,10H2. The summed E-state index contributed by atoms with van der Waals surface area (Å²) in [6.07, 6.45) is -1.54. The number of fused-ring (bicyclic) bond motifs is 2. The molecule has 1 aliphatic heterocycles. The van der Waals surface area contributed by atoms with E-state index in [1.807, 2.05) is 4.90 Å². The predicted octanol–water partition coefficient (Wildman–Crippen LogP) is 3.61. The quantitative estimate of drug-likeness (QED) is 0.696. The number of rotatable bonds is 3. The van der Waals surface area contributed by atoms with Gasteiger partial charge >= 0.3 is 6.36 Å². The zero-order valence-electron chi connectivity index (χ0n) is 13.5. The zero-order chi connectivity index (χ0) is 18.3. The number of halogens is 3. The van der Waals surface area contributed by atoms with E-state index in [0.29, 0.717) is 23.6 Å². The lowest BCUT2D eigenvalue weighted by molar-refractivity contribution is -0.274. The molecule has 1 aliphatic rings. The number of hydrogen-bond acceptors (Lipinski definition) is 5. The summed E-state index contributed by atoms with van der Waals surface area (Å²) < 4.78 is 42.7. The number of anilines is 1. The van der Waals surface area contributed by atoms with Crippen LogP contribution in [0.1, 0.15) is 17.7 Å². The molecule has 1 aromatic carbocycles. The minimum atomic E-state index is -4.70. The summed E-state index contributed by atoms with van der Waals surface area (Å²) in [4.78, 5) is 19.3. The van der Waals surface area contributed by atoms with Crippen LogP contribution in [0.3, 0.4) is 0 Å². The highest BCUT2D eigenvalue weighted by atomic mass is 32.1. The average Bonchev–Trinajstić information content (AvgIpc) is 3.02. The fraction of sp³-hybridized carbons (Fsp3) is 0.294. The van der Waals surface area contributed by atoms with Crippen molar-refractivity contribution < 1.29 is 17.9 Å². The lowest BCUT2D eigenvalue weighted by atomic mass is 10.0. The van der Waals surface area contributed by atoms with E-state index < -0.39 is 6.36 Å². The SMILES string of the molecule is O=c1cc(CN2CCCc3cc(OC(F)(F)F)ccc32)nc2sccn12. The van der Waals surface area contributed by atoms with Crippen molar-refractivity contribution in [3.63, 3.8) is 0 Å². The van der Waals surface area contributed by atoms with Gasteiger partial charge in [0.05, 0.1) is 12.2 Å². The molecule has 0 spiro atoms. The molecule has 0 amide bonds. The molecule has 0 bridgehead atoms. The lowest BCUT2D eigenvalue weighted by Crippen LogP contribution is -2.30. The van der Waals surface area contributed by atoms with Gasteiger partial charge in [0.2, 0.25) is 0 Å². The van der Waals surface area contributed by atoms with Crippen molar-refractivity contribution >= 4 is 22.0 Å². The average molecular weight is 381 g/mol. The second kappa shape index (κ2) is 6.31. The van der Waals surface area contributed by atoms with E-state index in [2.05, 4.69) is 9.72 Å². The van der Waals surface area contributed by atoms with Gasteiger partial charge in [-0.05, 0) is 36.6 Å². The van der Waals surface area contributed by atoms with Gasteiger partial charge in [-0.15, -0.1) is 24.5 Å². The highest BCUT2D eigenvalue weighted by Crippen LogP contribution is 2.33. The molecule has 0 radical (unpaired) electrons. The van der Waals surface area contributed by atoms with Gasteiger partial charge in [0.15, 0.2) is 4.96 Å². The molecule has 9 heteroatoms. The fourth-order valence-corrected chi connectivity index (χ4v) is 3.92. The van der Waals surface area contributed by atoms with Crippen LogP contribution in [0, 0.1) is 0 Å². The Morgan fingerprint density at radius 3 is 2.92 bits per heavy atom. The molecule has 4 rings (SSSR count). The smallest absolute Gasteiger partial charge is 0.406 e. The Morgan fingerprint density at radius 1 is 1.27 bits per heavy atom. The van der Waals surface area contributed by atoms with Crippen LogP contribution in [-0.2, 0) is 13.0 Å². The number of aromatic nitrogens is 2. The molecule has 136 valence electrons. The van der Waals surface area contributed by atoms with Crippen LogP contribution in [0.15, 0.2) is 40.6 Å². The van der Waals surface area contributed by atoms with E-state index in [-0.39, 0.29) is 11.3 Å². The minimum Gasteiger partial charge on any atom is -0.406 e. The van der Waals surface area contributed by atoms with E-state index in [4.69, 9.17) is 0 Å². The van der Waals surface area contributed by atoms with Crippen molar-refractivity contribution in [2.75, 3.05) is 11.4 Å². The second-order valence-corrected chi connectivity index (χ2v) is 6.88. The molecule has 3 aromatic rings. The molecule has 0 saturated carbocycles. The molecule has 0 N–H and O–H groups in total. The fourth-order valence-electron chi connectivity index (χ4n) is 3.18. The van der Waals surface area contributed by atoms with E-state index >= 15 is 0 Å². The largest absolute Gasteiger partial charge is 0.573 e. The Bertz CT molecular complexity index is 1010. The van der Waals surface area contributed by atoms with Gasteiger partial charge in [-0.3, -0.25) is 9.20 Å². The molecule has 2 aromatic heterocycles. The molecule has 5 nitrogen and oxygen atoms in total. The molecule has 0 fully saturated rings. The van der Waals surface area contributed by atoms with E-state index in [1.165, 1.54) is 33.9 Å². The van der Waals surface area contributed by atoms with Crippen LogP contribution in [0.25, 0.3) is 4.96 Å². The molecule has 0 unspecified atom stereocenters. The Balaban J connectivity index is 1.62. The summed E-state index contributed by atoms with van der Waals surface area (Å²) in [7, 11) is 0. The summed E-state index contributed by atoms with van der Waals surface area (Å²) in [6.45, 7) is 1.17. The third-order valence-corrected chi connectivity index (χ3v) is 4.97. The van der Waals surface area contributed by atoms with Crippen LogP contribution >= 0.6 is 11.3 Å². The van der Waals surface area contributed by atoms with Gasteiger partial charge in [0, 0.05) is 29.9 Å². The first-order valence-corrected chi connectivity index (χ1v) is 8.86. The topological polar surface area (TPSA) is 46.8 Å². The maximum Gasteiger partial charge on any atom is 0.573 e. The second-order valence-electron chi connectivity index (χ2n) is 6.00. The number of alkyl halides is 3. The Kier molecular flexibility index (Phi) is 4.10. The number of hydrogen-bond donors (Lipinski definition) is 0. The first kappa shape index (κ1) is 16.9. The van der Waals surface area contributed by atoms with Gasteiger partial charge in [-0.1, -0.05) is 0 Å². The van der Waals surface area contributed by atoms with Crippen molar-refractivity contribution in [2.45, 2.75) is 25.7 Å². The van der Waals surface area contributed by atoms with Crippen LogP contribution in [-0.4, -0.2) is 22.3 Å². The minimum absolute atomic E-state index is 0.141. The van der Waals surface area contributed by atoms with Crippen molar-refractivity contribution in [1.29, 1.82) is 0 Å². The van der Waals surface area contributed by atoms with Crippen LogP contribution in [0.5, 0.6) is 5.75 Å². The monoisotopic (exact) mass is 381 g/mol. The Labute approximate surface area is 150 Å². The third-order valence-electron chi connectivity index (χ3n) is 4.21. The normalized spacial score (nSPS) is 14.5. The maximum atomic E-state index is 12.4. The van der Waals surface area contributed by atoms with Gasteiger partial charge in [-0.25, -0.2) is 4.98 Å². The zero-order valence-corrected chi connectivity index (χ0v) is 14.3. The molecular formula is C17H14F3N3O2S. The third kappa shape index (κ3) is 3.39. The number of ether oxygens (including phenoxy) is 1. The molecule has 0 aliphatic carbocycles. The van der Waals surface area contributed by atoms with Crippen molar-refractivity contribution in [3.05, 3.63) is 57.5 Å². The van der Waals surface area contributed by atoms with E-state index in [9.17, 15) is 18.0 Å². The Hall–Kier alpha value is -2.55. The number of thiazole rings is 1. The van der Waals surface area contributed by atoms with Gasteiger partial charge in [0.25, 0.3) is 5.56 Å². The molecule has 26 heavy (non-hydrogen) atoms. The van der Waals surface area contributed by atoms with Crippen molar-refractivity contribution in [3.8, 4) is 5.75 Å². The highest BCUT2D eigenvalue weighted by molar-refractivity contribution is 7.15. The van der Waals surface area contributed by atoms with Crippen LogP contribution in [0.2, 0.25) is 0 Å². The molecular weight excluding hydrogens is 367 g/mol. The summed E-state index contributed by atoms with van der Waals surface area (Å²) in [5.41, 5.74) is 2.14. The van der Waals surface area contributed by atoms with Gasteiger partial charge in [0.1, 0.15) is 5.75 Å². The van der Waals surface area contributed by atoms with E-state index in [0.717, 1.165) is 24.2 Å². The first-order valence-electron chi connectivity index (χ1n) is 7.98. The number of nitrogens with zero attached hydrogens (tertiary/aromatic N) is 3. The van der Waals surface area contributed by atoms with Crippen molar-refractivity contribution in [1.82, 2.24) is 9.38 Å². The molecule has 3 heterocycles. The maximum absolute atomic E-state index is 12.4. The molecule has 0 atom stereocenters. The van der Waals surface area contributed by atoms with Gasteiger partial charge in [-0.2, -0.15) is 0 Å². The van der Waals surface area contributed by atoms with Gasteiger partial charge < -0.3 is 9.64 Å². The first-order chi connectivity index (χ1) is 12.4. The van der Waals surface area contributed by atoms with E-state index in [1.54, 1.807) is 17.6 Å². The molecule has 0 saturated heterocycles. The Morgan fingerprint density at radius 2 is 2.12 bits per heavy atom. The lowest BCUT2D eigenvalue weighted by Gasteiger charge is -2.31. The summed E-state index contributed by atoms with van der Waals surface area (Å²) in [6, 6.07) is 5.87. The highest BCUT2D eigenvalue weighted by Gasteiger charge is 2.31. The van der Waals surface area contributed by atoms with Crippen LogP contribution < -0.4 is 15.2 Å². The number of aryl methyl sites for hydroxylation is 1. The predicted molar refractivity (Wildman–Crippen MR) is 91.8 cm³/mol.